The first kappa shape index (κ1) is 16.4. The van der Waals surface area contributed by atoms with Crippen molar-refractivity contribution in [2.24, 2.45) is 0 Å². The van der Waals surface area contributed by atoms with Gasteiger partial charge in [0.2, 0.25) is 11.9 Å². The first-order valence-electron chi connectivity index (χ1n) is 8.34. The number of pyridine rings is 1. The summed E-state index contributed by atoms with van der Waals surface area (Å²) in [4.78, 5) is 25.6. The van der Waals surface area contributed by atoms with Crippen molar-refractivity contribution in [1.82, 2.24) is 19.5 Å². The molecule has 3 aromatic heterocycles. The summed E-state index contributed by atoms with van der Waals surface area (Å²) in [5, 5.41) is 5.68. The van der Waals surface area contributed by atoms with Gasteiger partial charge >= 0.3 is 0 Å². The second-order valence-electron chi connectivity index (χ2n) is 5.78. The molecule has 130 valence electrons. The quantitative estimate of drug-likeness (QED) is 0.586. The first-order chi connectivity index (χ1) is 12.7. The number of carbonyl (C=O) groups excluding carboxylic acids is 1. The summed E-state index contributed by atoms with van der Waals surface area (Å²) in [6.45, 7) is 2.77. The molecule has 1 N–H and O–H groups in total. The van der Waals surface area contributed by atoms with Crippen LogP contribution in [0.3, 0.4) is 0 Å². The van der Waals surface area contributed by atoms with Gasteiger partial charge in [-0.15, -0.1) is 11.3 Å². The number of nitrogens with one attached hydrogen (secondary N) is 1. The molecule has 0 fully saturated rings. The first-order valence-corrected chi connectivity index (χ1v) is 9.22. The van der Waals surface area contributed by atoms with E-state index in [1.807, 2.05) is 53.3 Å². The second-order valence-corrected chi connectivity index (χ2v) is 6.64. The van der Waals surface area contributed by atoms with Crippen LogP contribution in [0.1, 0.15) is 12.6 Å². The average molecular weight is 363 g/mol. The normalized spacial score (nSPS) is 11.0. The predicted molar refractivity (Wildman–Crippen MR) is 103 cm³/mol. The number of aryl methyl sites for hydroxylation is 1. The molecule has 0 aliphatic rings. The molecular formula is C19H17N5OS. The number of fused-ring (bicyclic) bond motifs is 1. The van der Waals surface area contributed by atoms with Crippen LogP contribution in [0.15, 0.2) is 54.2 Å². The molecule has 0 aliphatic carbocycles. The van der Waals surface area contributed by atoms with Crippen LogP contribution in [-0.4, -0.2) is 25.4 Å². The van der Waals surface area contributed by atoms with Crippen molar-refractivity contribution in [2.45, 2.75) is 19.9 Å². The monoisotopic (exact) mass is 363 g/mol. The zero-order valence-corrected chi connectivity index (χ0v) is 15.0. The molecule has 0 saturated carbocycles. The van der Waals surface area contributed by atoms with E-state index in [1.165, 1.54) is 11.3 Å². The van der Waals surface area contributed by atoms with Crippen molar-refractivity contribution in [2.75, 3.05) is 5.32 Å². The second kappa shape index (κ2) is 7.05. The summed E-state index contributed by atoms with van der Waals surface area (Å²) in [5.41, 5.74) is 3.58. The van der Waals surface area contributed by atoms with E-state index >= 15 is 0 Å². The van der Waals surface area contributed by atoms with E-state index in [4.69, 9.17) is 0 Å². The summed E-state index contributed by atoms with van der Waals surface area (Å²) in [5.74, 6) is 0.444. The Bertz CT molecular complexity index is 1050. The van der Waals surface area contributed by atoms with Gasteiger partial charge in [0.1, 0.15) is 5.01 Å². The van der Waals surface area contributed by atoms with E-state index in [0.29, 0.717) is 5.95 Å². The third-order valence-electron chi connectivity index (χ3n) is 4.02. The SMILES string of the molecule is CCn1c(NC(=O)Cc2csc(-c3cccnc3)n2)nc2ccccc21. The molecular weight excluding hydrogens is 346 g/mol. The number of thiazole rings is 1. The topological polar surface area (TPSA) is 72.7 Å². The molecule has 1 aromatic carbocycles. The van der Waals surface area contributed by atoms with Gasteiger partial charge in [0, 0.05) is 29.9 Å². The van der Waals surface area contributed by atoms with Gasteiger partial charge in [-0.1, -0.05) is 12.1 Å². The Labute approximate surface area is 154 Å². The number of anilines is 1. The highest BCUT2D eigenvalue weighted by Gasteiger charge is 2.14. The van der Waals surface area contributed by atoms with Crippen molar-refractivity contribution in [3.05, 3.63) is 59.9 Å². The molecule has 0 radical (unpaired) electrons. The number of hydrogen-bond acceptors (Lipinski definition) is 5. The number of benzene rings is 1. The minimum Gasteiger partial charge on any atom is -0.310 e. The lowest BCUT2D eigenvalue weighted by Gasteiger charge is -2.06. The molecule has 26 heavy (non-hydrogen) atoms. The fourth-order valence-electron chi connectivity index (χ4n) is 2.83. The van der Waals surface area contributed by atoms with Gasteiger partial charge in [-0.25, -0.2) is 9.97 Å². The minimum absolute atomic E-state index is 0.127. The van der Waals surface area contributed by atoms with Gasteiger partial charge in [-0.3, -0.25) is 15.1 Å². The van der Waals surface area contributed by atoms with E-state index in [2.05, 4.69) is 20.3 Å². The molecule has 0 spiro atoms. The summed E-state index contributed by atoms with van der Waals surface area (Å²) >= 11 is 1.51. The Hall–Kier alpha value is -3.06. The Balaban J connectivity index is 1.50. The van der Waals surface area contributed by atoms with Gasteiger partial charge in [0.25, 0.3) is 0 Å². The summed E-state index contributed by atoms with van der Waals surface area (Å²) in [6.07, 6.45) is 3.71. The van der Waals surface area contributed by atoms with Crippen LogP contribution in [0.25, 0.3) is 21.6 Å². The van der Waals surface area contributed by atoms with Crippen LogP contribution < -0.4 is 5.32 Å². The zero-order chi connectivity index (χ0) is 17.9. The van der Waals surface area contributed by atoms with Crippen LogP contribution in [-0.2, 0) is 17.8 Å². The summed E-state index contributed by atoms with van der Waals surface area (Å²) in [7, 11) is 0. The fraction of sp³-hybridized carbons (Fsp3) is 0.158. The van der Waals surface area contributed by atoms with Crippen LogP contribution in [0.5, 0.6) is 0 Å². The van der Waals surface area contributed by atoms with E-state index in [0.717, 1.165) is 33.8 Å². The molecule has 6 nitrogen and oxygen atoms in total. The average Bonchev–Trinajstić information content (AvgIpc) is 3.26. The van der Waals surface area contributed by atoms with Crippen LogP contribution >= 0.6 is 11.3 Å². The number of nitrogens with zero attached hydrogens (tertiary/aromatic N) is 4. The smallest absolute Gasteiger partial charge is 0.232 e. The molecule has 4 aromatic rings. The number of carbonyl (C=O) groups is 1. The molecule has 0 unspecified atom stereocenters. The fourth-order valence-corrected chi connectivity index (χ4v) is 3.64. The molecule has 3 heterocycles. The number of amides is 1. The van der Waals surface area contributed by atoms with E-state index in [9.17, 15) is 4.79 Å². The van der Waals surface area contributed by atoms with E-state index in [1.54, 1.807) is 12.4 Å². The van der Waals surface area contributed by atoms with Gasteiger partial charge in [0.05, 0.1) is 23.1 Å². The zero-order valence-electron chi connectivity index (χ0n) is 14.2. The Morgan fingerprint density at radius 2 is 2.08 bits per heavy atom. The maximum atomic E-state index is 12.5. The summed E-state index contributed by atoms with van der Waals surface area (Å²) in [6, 6.07) is 11.7. The highest BCUT2D eigenvalue weighted by Crippen LogP contribution is 2.23. The summed E-state index contributed by atoms with van der Waals surface area (Å²) < 4.78 is 2.00. The number of imidazole rings is 1. The lowest BCUT2D eigenvalue weighted by Crippen LogP contribution is -2.17. The Morgan fingerprint density at radius 1 is 1.19 bits per heavy atom. The number of para-hydroxylation sites is 2. The lowest BCUT2D eigenvalue weighted by molar-refractivity contribution is -0.115. The van der Waals surface area contributed by atoms with E-state index < -0.39 is 0 Å². The minimum atomic E-state index is -0.127. The number of hydrogen-bond donors (Lipinski definition) is 1. The van der Waals surface area contributed by atoms with Crippen molar-refractivity contribution in [3.63, 3.8) is 0 Å². The highest BCUT2D eigenvalue weighted by molar-refractivity contribution is 7.13. The largest absolute Gasteiger partial charge is 0.310 e. The third-order valence-corrected chi connectivity index (χ3v) is 4.96. The number of aromatic nitrogens is 4. The molecule has 0 aliphatic heterocycles. The van der Waals surface area contributed by atoms with Crippen LogP contribution in [0, 0.1) is 0 Å². The molecule has 4 rings (SSSR count). The van der Waals surface area contributed by atoms with Gasteiger partial charge in [0.15, 0.2) is 0 Å². The van der Waals surface area contributed by atoms with Crippen molar-refractivity contribution < 1.29 is 4.79 Å². The standard InChI is InChI=1S/C19H17N5OS/c1-2-24-16-8-4-3-7-15(16)22-19(24)23-17(25)10-14-12-26-18(21-14)13-6-5-9-20-11-13/h3-9,11-12H,2,10H2,1H3,(H,22,23,25). The Morgan fingerprint density at radius 3 is 2.88 bits per heavy atom. The van der Waals surface area contributed by atoms with Gasteiger partial charge < -0.3 is 4.57 Å². The highest BCUT2D eigenvalue weighted by atomic mass is 32.1. The van der Waals surface area contributed by atoms with Gasteiger partial charge in [-0.2, -0.15) is 0 Å². The predicted octanol–water partition coefficient (Wildman–Crippen LogP) is 3.76. The molecule has 0 saturated heterocycles. The van der Waals surface area contributed by atoms with Gasteiger partial charge in [-0.05, 0) is 31.2 Å². The molecule has 0 atom stereocenters. The molecule has 1 amide bonds. The van der Waals surface area contributed by atoms with Crippen LogP contribution in [0.2, 0.25) is 0 Å². The van der Waals surface area contributed by atoms with E-state index in [-0.39, 0.29) is 12.3 Å². The van der Waals surface area contributed by atoms with Crippen molar-refractivity contribution >= 4 is 34.2 Å². The van der Waals surface area contributed by atoms with Crippen molar-refractivity contribution in [1.29, 1.82) is 0 Å². The Kier molecular flexibility index (Phi) is 4.45. The lowest BCUT2D eigenvalue weighted by atomic mass is 10.3. The third kappa shape index (κ3) is 3.21. The number of rotatable bonds is 5. The van der Waals surface area contributed by atoms with Crippen molar-refractivity contribution in [3.8, 4) is 10.6 Å². The maximum absolute atomic E-state index is 12.5. The maximum Gasteiger partial charge on any atom is 0.232 e. The molecule has 7 heteroatoms. The van der Waals surface area contributed by atoms with Crippen LogP contribution in [0.4, 0.5) is 5.95 Å². The molecule has 0 bridgehead atoms.